The van der Waals surface area contributed by atoms with Crippen molar-refractivity contribution in [3.8, 4) is 0 Å². The topological polar surface area (TPSA) is 115 Å². The fourth-order valence-electron chi connectivity index (χ4n) is 1.43. The van der Waals surface area contributed by atoms with E-state index >= 15 is 0 Å². The third-order valence-corrected chi connectivity index (χ3v) is 2.32. The van der Waals surface area contributed by atoms with Crippen molar-refractivity contribution in [1.82, 2.24) is 29.6 Å². The average Bonchev–Trinajstić information content (AvgIpc) is 3.00. The number of aromatic carboxylic acids is 1. The van der Waals surface area contributed by atoms with Gasteiger partial charge in [0.2, 0.25) is 5.91 Å². The highest BCUT2D eigenvalue weighted by molar-refractivity contribution is 5.84. The van der Waals surface area contributed by atoms with E-state index in [1.807, 2.05) is 0 Å². The smallest absolute Gasteiger partial charge is 0.356 e. The molecular formula is C10H12N6O3. The highest BCUT2D eigenvalue weighted by atomic mass is 16.4. The highest BCUT2D eigenvalue weighted by Crippen LogP contribution is 1.95. The van der Waals surface area contributed by atoms with E-state index in [9.17, 15) is 9.59 Å². The summed E-state index contributed by atoms with van der Waals surface area (Å²) in [6.07, 6.45) is 5.62. The Kier molecular flexibility index (Phi) is 3.86. The molecule has 19 heavy (non-hydrogen) atoms. The van der Waals surface area contributed by atoms with Gasteiger partial charge < -0.3 is 15.0 Å². The maximum absolute atomic E-state index is 11.5. The highest BCUT2D eigenvalue weighted by Gasteiger charge is 2.06. The second kappa shape index (κ2) is 5.76. The summed E-state index contributed by atoms with van der Waals surface area (Å²) in [4.78, 5) is 29.5. The molecule has 0 bridgehead atoms. The van der Waals surface area contributed by atoms with Gasteiger partial charge in [0.25, 0.3) is 0 Å². The number of carboxylic acids is 1. The predicted molar refractivity (Wildman–Crippen MR) is 62.2 cm³/mol. The Morgan fingerprint density at radius 3 is 2.84 bits per heavy atom. The predicted octanol–water partition coefficient (Wildman–Crippen LogP) is -1.01. The van der Waals surface area contributed by atoms with Crippen LogP contribution in [0.25, 0.3) is 0 Å². The van der Waals surface area contributed by atoms with Crippen LogP contribution in [-0.4, -0.2) is 47.8 Å². The van der Waals surface area contributed by atoms with Gasteiger partial charge in [0.05, 0.1) is 6.33 Å². The number of hydrogen-bond donors (Lipinski definition) is 2. The van der Waals surface area contributed by atoms with Gasteiger partial charge in [-0.3, -0.25) is 4.79 Å². The van der Waals surface area contributed by atoms with Gasteiger partial charge in [-0.1, -0.05) is 0 Å². The van der Waals surface area contributed by atoms with E-state index in [0.717, 1.165) is 0 Å². The van der Waals surface area contributed by atoms with Gasteiger partial charge in [-0.05, 0) is 0 Å². The second-order valence-electron chi connectivity index (χ2n) is 3.74. The normalized spacial score (nSPS) is 10.3. The summed E-state index contributed by atoms with van der Waals surface area (Å²) in [5.74, 6) is -1.27. The van der Waals surface area contributed by atoms with Crippen LogP contribution in [-0.2, 0) is 17.9 Å². The molecule has 100 valence electrons. The third-order valence-electron chi connectivity index (χ3n) is 2.32. The number of nitrogens with zero attached hydrogens (tertiary/aromatic N) is 5. The largest absolute Gasteiger partial charge is 0.476 e. The standard InChI is InChI=1S/C10H12N6O3/c17-9(4-16-6-11-5-14-16)12-1-2-15-3-8(10(18)19)13-7-15/h3,5-7H,1-2,4H2,(H,12,17)(H,18,19). The van der Waals surface area contributed by atoms with E-state index in [1.54, 1.807) is 4.57 Å². The Bertz CT molecular complexity index is 562. The number of nitrogens with one attached hydrogen (secondary N) is 1. The van der Waals surface area contributed by atoms with Crippen molar-refractivity contribution in [1.29, 1.82) is 0 Å². The first-order chi connectivity index (χ1) is 9.15. The molecule has 2 aromatic heterocycles. The summed E-state index contributed by atoms with van der Waals surface area (Å²) in [5, 5.41) is 15.2. The Hall–Kier alpha value is -2.71. The van der Waals surface area contributed by atoms with Crippen LogP contribution in [0.15, 0.2) is 25.2 Å². The number of rotatable bonds is 6. The zero-order valence-electron chi connectivity index (χ0n) is 9.93. The summed E-state index contributed by atoms with van der Waals surface area (Å²) in [7, 11) is 0. The second-order valence-corrected chi connectivity index (χ2v) is 3.74. The van der Waals surface area contributed by atoms with Crippen LogP contribution in [0.5, 0.6) is 0 Å². The minimum Gasteiger partial charge on any atom is -0.476 e. The molecule has 0 fully saturated rings. The van der Waals surface area contributed by atoms with Crippen molar-refractivity contribution in [2.24, 2.45) is 0 Å². The van der Waals surface area contributed by atoms with E-state index in [0.29, 0.717) is 13.1 Å². The molecule has 0 radical (unpaired) electrons. The van der Waals surface area contributed by atoms with Crippen molar-refractivity contribution >= 4 is 11.9 Å². The monoisotopic (exact) mass is 264 g/mol. The number of aromatic nitrogens is 5. The number of amides is 1. The lowest BCUT2D eigenvalue weighted by atomic mass is 10.5. The number of carboxylic acid groups (broad SMARTS) is 1. The summed E-state index contributed by atoms with van der Waals surface area (Å²) < 4.78 is 3.01. The first-order valence-electron chi connectivity index (χ1n) is 5.49. The molecule has 2 heterocycles. The first kappa shape index (κ1) is 12.7. The van der Waals surface area contributed by atoms with Gasteiger partial charge in [-0.25, -0.2) is 19.4 Å². The summed E-state index contributed by atoms with van der Waals surface area (Å²) >= 11 is 0. The Labute approximate surface area is 107 Å². The van der Waals surface area contributed by atoms with Crippen LogP contribution in [0, 0.1) is 0 Å². The minimum atomic E-state index is -1.08. The van der Waals surface area contributed by atoms with Gasteiger partial charge in [0, 0.05) is 19.3 Å². The molecule has 2 aromatic rings. The molecule has 1 amide bonds. The molecule has 9 heteroatoms. The van der Waals surface area contributed by atoms with Gasteiger partial charge in [0.1, 0.15) is 19.2 Å². The van der Waals surface area contributed by atoms with Gasteiger partial charge in [-0.15, -0.1) is 0 Å². The van der Waals surface area contributed by atoms with Crippen molar-refractivity contribution < 1.29 is 14.7 Å². The van der Waals surface area contributed by atoms with Crippen LogP contribution in [0.1, 0.15) is 10.5 Å². The van der Waals surface area contributed by atoms with Crippen LogP contribution in [0.3, 0.4) is 0 Å². The molecule has 0 aliphatic rings. The molecule has 0 saturated carbocycles. The van der Waals surface area contributed by atoms with E-state index in [1.165, 1.54) is 29.9 Å². The summed E-state index contributed by atoms with van der Waals surface area (Å²) in [6.45, 7) is 0.927. The Balaban J connectivity index is 1.73. The Morgan fingerprint density at radius 1 is 1.37 bits per heavy atom. The van der Waals surface area contributed by atoms with Crippen molar-refractivity contribution in [2.45, 2.75) is 13.1 Å². The van der Waals surface area contributed by atoms with E-state index < -0.39 is 5.97 Å². The maximum atomic E-state index is 11.5. The molecule has 0 aromatic carbocycles. The quantitative estimate of drug-likeness (QED) is 0.690. The molecule has 2 rings (SSSR count). The summed E-state index contributed by atoms with van der Waals surface area (Å²) in [5.41, 5.74) is -0.0195. The van der Waals surface area contributed by atoms with Crippen molar-refractivity contribution in [3.63, 3.8) is 0 Å². The Morgan fingerprint density at radius 2 is 2.21 bits per heavy atom. The first-order valence-corrected chi connectivity index (χ1v) is 5.49. The molecule has 0 aliphatic heterocycles. The maximum Gasteiger partial charge on any atom is 0.356 e. The average molecular weight is 264 g/mol. The molecule has 0 spiro atoms. The van der Waals surface area contributed by atoms with Crippen molar-refractivity contribution in [3.05, 3.63) is 30.9 Å². The fourth-order valence-corrected chi connectivity index (χ4v) is 1.43. The van der Waals surface area contributed by atoms with E-state index in [2.05, 4.69) is 20.4 Å². The van der Waals surface area contributed by atoms with Crippen LogP contribution < -0.4 is 5.32 Å². The number of hydrogen-bond acceptors (Lipinski definition) is 5. The number of carbonyl (C=O) groups is 2. The van der Waals surface area contributed by atoms with Gasteiger partial charge in [0.15, 0.2) is 5.69 Å². The molecule has 2 N–H and O–H groups in total. The molecular weight excluding hydrogens is 252 g/mol. The van der Waals surface area contributed by atoms with E-state index in [-0.39, 0.29) is 18.1 Å². The molecule has 0 unspecified atom stereocenters. The van der Waals surface area contributed by atoms with Crippen LogP contribution >= 0.6 is 0 Å². The lowest BCUT2D eigenvalue weighted by molar-refractivity contribution is -0.121. The zero-order valence-corrected chi connectivity index (χ0v) is 9.93. The molecule has 0 atom stereocenters. The lowest BCUT2D eigenvalue weighted by Gasteiger charge is -2.05. The lowest BCUT2D eigenvalue weighted by Crippen LogP contribution is -2.30. The van der Waals surface area contributed by atoms with Crippen LogP contribution in [0.4, 0.5) is 0 Å². The molecule has 9 nitrogen and oxygen atoms in total. The van der Waals surface area contributed by atoms with Gasteiger partial charge >= 0.3 is 5.97 Å². The number of imidazole rings is 1. The minimum absolute atomic E-state index is 0.0195. The number of carbonyl (C=O) groups excluding carboxylic acids is 1. The fraction of sp³-hybridized carbons (Fsp3) is 0.300. The van der Waals surface area contributed by atoms with Crippen LogP contribution in [0.2, 0.25) is 0 Å². The van der Waals surface area contributed by atoms with E-state index in [4.69, 9.17) is 5.11 Å². The van der Waals surface area contributed by atoms with Gasteiger partial charge in [-0.2, -0.15) is 5.10 Å². The zero-order chi connectivity index (χ0) is 13.7. The molecule has 0 saturated heterocycles. The van der Waals surface area contributed by atoms with Crippen molar-refractivity contribution in [2.75, 3.05) is 6.54 Å². The summed E-state index contributed by atoms with van der Waals surface area (Å²) in [6, 6.07) is 0. The molecule has 0 aliphatic carbocycles. The SMILES string of the molecule is O=C(Cn1cncn1)NCCn1cnc(C(=O)O)c1. The third kappa shape index (κ3) is 3.63.